The van der Waals surface area contributed by atoms with E-state index in [4.69, 9.17) is 4.84 Å². The van der Waals surface area contributed by atoms with Crippen LogP contribution in [0.5, 0.6) is 0 Å². The van der Waals surface area contributed by atoms with Crippen LogP contribution in [0.1, 0.15) is 33.6 Å². The maximum absolute atomic E-state index is 5.84. The van der Waals surface area contributed by atoms with Crippen molar-refractivity contribution in [3.8, 4) is 0 Å². The molecule has 0 saturated carbocycles. The highest BCUT2D eigenvalue weighted by atomic mass is 16.7. The SMILES string of the molecule is CCC=NC(CC)C(=NCC)On1nnc2ccccc21. The van der Waals surface area contributed by atoms with Gasteiger partial charge in [-0.15, -0.1) is 5.10 Å². The first-order valence-electron chi connectivity index (χ1n) is 7.34. The third-order valence-corrected chi connectivity index (χ3v) is 2.96. The predicted octanol–water partition coefficient (Wildman–Crippen LogP) is 2.54. The maximum Gasteiger partial charge on any atom is 0.244 e. The molecule has 0 saturated heterocycles. The molecule has 6 heteroatoms. The van der Waals surface area contributed by atoms with Crippen LogP contribution in [0.15, 0.2) is 34.3 Å². The molecule has 6 nitrogen and oxygen atoms in total. The molecule has 0 bridgehead atoms. The fourth-order valence-electron chi connectivity index (χ4n) is 1.93. The van der Waals surface area contributed by atoms with Gasteiger partial charge in [-0.1, -0.05) is 30.8 Å². The highest BCUT2D eigenvalue weighted by molar-refractivity contribution is 5.84. The molecule has 1 unspecified atom stereocenters. The molecule has 1 heterocycles. The smallest absolute Gasteiger partial charge is 0.244 e. The summed E-state index contributed by atoms with van der Waals surface area (Å²) >= 11 is 0. The lowest BCUT2D eigenvalue weighted by atomic mass is 10.2. The van der Waals surface area contributed by atoms with Gasteiger partial charge in [-0.05, 0) is 43.3 Å². The lowest BCUT2D eigenvalue weighted by molar-refractivity contribution is 0.215. The summed E-state index contributed by atoms with van der Waals surface area (Å²) in [7, 11) is 0. The van der Waals surface area contributed by atoms with E-state index in [9.17, 15) is 0 Å². The van der Waals surface area contributed by atoms with Crippen molar-refractivity contribution in [2.45, 2.75) is 39.7 Å². The number of nitrogens with zero attached hydrogens (tertiary/aromatic N) is 5. The van der Waals surface area contributed by atoms with E-state index in [1.807, 2.05) is 37.4 Å². The Morgan fingerprint density at radius 2 is 2.14 bits per heavy atom. The largest absolute Gasteiger partial charge is 0.338 e. The van der Waals surface area contributed by atoms with Crippen molar-refractivity contribution >= 4 is 23.1 Å². The fourth-order valence-corrected chi connectivity index (χ4v) is 1.93. The minimum Gasteiger partial charge on any atom is -0.338 e. The van der Waals surface area contributed by atoms with Crippen LogP contribution in [0.3, 0.4) is 0 Å². The van der Waals surface area contributed by atoms with Gasteiger partial charge >= 0.3 is 0 Å². The van der Waals surface area contributed by atoms with Gasteiger partial charge in [-0.3, -0.25) is 9.98 Å². The Bertz CT molecular complexity index is 632. The van der Waals surface area contributed by atoms with Crippen LogP contribution in [0.4, 0.5) is 0 Å². The summed E-state index contributed by atoms with van der Waals surface area (Å²) in [5.41, 5.74) is 1.61. The molecular weight excluding hydrogens is 266 g/mol. The van der Waals surface area contributed by atoms with Gasteiger partial charge in [0.2, 0.25) is 5.90 Å². The molecule has 2 rings (SSSR count). The second kappa shape index (κ2) is 7.52. The van der Waals surface area contributed by atoms with Crippen molar-refractivity contribution in [3.05, 3.63) is 24.3 Å². The van der Waals surface area contributed by atoms with Gasteiger partial charge in [0.05, 0.1) is 0 Å². The number of benzene rings is 1. The van der Waals surface area contributed by atoms with E-state index in [1.165, 1.54) is 4.85 Å². The quantitative estimate of drug-likeness (QED) is 0.606. The summed E-state index contributed by atoms with van der Waals surface area (Å²) in [5.74, 6) is 0.570. The summed E-state index contributed by atoms with van der Waals surface area (Å²) in [6, 6.07) is 7.56. The Morgan fingerprint density at radius 3 is 2.86 bits per heavy atom. The molecule has 0 spiro atoms. The average molecular weight is 287 g/mol. The third kappa shape index (κ3) is 3.65. The standard InChI is InChI=1S/C15H21N5O/c1-4-11-17-12(5-2)15(16-6-3)21-20-14-10-8-7-9-13(14)18-19-20/h7-12H,4-6H2,1-3H3. The first-order chi connectivity index (χ1) is 10.3. The van der Waals surface area contributed by atoms with Crippen LogP contribution >= 0.6 is 0 Å². The number of hydrogen-bond donors (Lipinski definition) is 0. The molecule has 0 aliphatic heterocycles. The van der Waals surface area contributed by atoms with E-state index in [0.717, 1.165) is 23.9 Å². The van der Waals surface area contributed by atoms with Gasteiger partial charge in [0.25, 0.3) is 0 Å². The summed E-state index contributed by atoms with van der Waals surface area (Å²) in [6.07, 6.45) is 3.60. The van der Waals surface area contributed by atoms with E-state index >= 15 is 0 Å². The average Bonchev–Trinajstić information content (AvgIpc) is 2.91. The first kappa shape index (κ1) is 15.2. The van der Waals surface area contributed by atoms with Gasteiger partial charge in [0.15, 0.2) is 0 Å². The minimum atomic E-state index is -0.0899. The van der Waals surface area contributed by atoms with E-state index in [2.05, 4.69) is 34.1 Å². The molecule has 0 aliphatic carbocycles. The fraction of sp³-hybridized carbons (Fsp3) is 0.467. The molecule has 112 valence electrons. The Hall–Kier alpha value is -2.24. The van der Waals surface area contributed by atoms with Crippen molar-refractivity contribution in [3.63, 3.8) is 0 Å². The molecule has 21 heavy (non-hydrogen) atoms. The molecule has 2 aromatic rings. The zero-order valence-electron chi connectivity index (χ0n) is 12.7. The van der Waals surface area contributed by atoms with Crippen molar-refractivity contribution in [2.75, 3.05) is 6.54 Å². The van der Waals surface area contributed by atoms with Crippen LogP contribution in [-0.2, 0) is 0 Å². The summed E-state index contributed by atoms with van der Waals surface area (Å²) in [5, 5.41) is 8.10. The number of para-hydroxylation sites is 1. The Kier molecular flexibility index (Phi) is 5.43. The van der Waals surface area contributed by atoms with Crippen molar-refractivity contribution < 1.29 is 4.84 Å². The summed E-state index contributed by atoms with van der Waals surface area (Å²) < 4.78 is 0. The van der Waals surface area contributed by atoms with E-state index in [-0.39, 0.29) is 6.04 Å². The minimum absolute atomic E-state index is 0.0899. The van der Waals surface area contributed by atoms with Crippen LogP contribution in [0, 0.1) is 0 Å². The molecule has 0 N–H and O–H groups in total. The van der Waals surface area contributed by atoms with Crippen LogP contribution in [0.25, 0.3) is 11.0 Å². The Balaban J connectivity index is 2.27. The highest BCUT2D eigenvalue weighted by Gasteiger charge is 2.17. The second-order valence-electron chi connectivity index (χ2n) is 4.52. The van der Waals surface area contributed by atoms with Crippen molar-refractivity contribution in [2.24, 2.45) is 9.98 Å². The predicted molar refractivity (Wildman–Crippen MR) is 84.9 cm³/mol. The van der Waals surface area contributed by atoms with Gasteiger partial charge in [0, 0.05) is 6.54 Å². The third-order valence-electron chi connectivity index (χ3n) is 2.96. The van der Waals surface area contributed by atoms with E-state index in [1.54, 1.807) is 0 Å². The van der Waals surface area contributed by atoms with Crippen molar-refractivity contribution in [1.82, 2.24) is 15.2 Å². The molecule has 0 radical (unpaired) electrons. The number of aliphatic imine (C=N–C) groups is 2. The topological polar surface area (TPSA) is 64.7 Å². The molecule has 1 atom stereocenters. The van der Waals surface area contributed by atoms with Crippen molar-refractivity contribution in [1.29, 1.82) is 0 Å². The van der Waals surface area contributed by atoms with Crippen LogP contribution in [0.2, 0.25) is 0 Å². The second-order valence-corrected chi connectivity index (χ2v) is 4.52. The molecule has 0 amide bonds. The number of hydrogen-bond acceptors (Lipinski definition) is 5. The van der Waals surface area contributed by atoms with Crippen LogP contribution in [-0.4, -0.2) is 39.9 Å². The van der Waals surface area contributed by atoms with E-state index < -0.39 is 0 Å². The zero-order valence-corrected chi connectivity index (χ0v) is 12.7. The number of fused-ring (bicyclic) bond motifs is 1. The van der Waals surface area contributed by atoms with Crippen LogP contribution < -0.4 is 4.84 Å². The lowest BCUT2D eigenvalue weighted by Crippen LogP contribution is -2.31. The first-order valence-corrected chi connectivity index (χ1v) is 7.34. The van der Waals surface area contributed by atoms with Gasteiger partial charge in [-0.2, -0.15) is 0 Å². The monoisotopic (exact) mass is 287 g/mol. The molecule has 1 aromatic heterocycles. The zero-order chi connectivity index (χ0) is 15.1. The lowest BCUT2D eigenvalue weighted by Gasteiger charge is -2.13. The van der Waals surface area contributed by atoms with Gasteiger partial charge < -0.3 is 4.84 Å². The maximum atomic E-state index is 5.84. The molecule has 0 aliphatic rings. The summed E-state index contributed by atoms with van der Waals surface area (Å²) in [6.45, 7) is 6.73. The molecule has 1 aromatic carbocycles. The summed E-state index contributed by atoms with van der Waals surface area (Å²) in [4.78, 5) is 16.2. The normalized spacial score (nSPS) is 14.0. The van der Waals surface area contributed by atoms with E-state index in [0.29, 0.717) is 12.4 Å². The Morgan fingerprint density at radius 1 is 1.33 bits per heavy atom. The number of rotatable bonds is 6. The molecule has 0 fully saturated rings. The molecular formula is C15H21N5O. The van der Waals surface area contributed by atoms with Gasteiger partial charge in [-0.25, -0.2) is 0 Å². The Labute approximate surface area is 124 Å². The van der Waals surface area contributed by atoms with Gasteiger partial charge in [0.1, 0.15) is 17.1 Å². The number of aromatic nitrogens is 3. The highest BCUT2D eigenvalue weighted by Crippen LogP contribution is 2.09.